The highest BCUT2D eigenvalue weighted by atomic mass is 32.4. The Morgan fingerprint density at radius 1 is 1.08 bits per heavy atom. The third kappa shape index (κ3) is 4.64. The summed E-state index contributed by atoms with van der Waals surface area (Å²) in [5, 5.41) is 18.3. The third-order valence-corrected chi connectivity index (χ3v) is 8.59. The molecule has 1 aromatic carbocycles. The van der Waals surface area contributed by atoms with E-state index in [1.54, 1.807) is 18.3 Å². The number of nitrogens with zero attached hydrogens (tertiary/aromatic N) is 4. The molecule has 2 aliphatic heterocycles. The zero-order chi connectivity index (χ0) is 18.4. The highest BCUT2D eigenvalue weighted by molar-refractivity contribution is 8.11. The first kappa shape index (κ1) is 19.3. The van der Waals surface area contributed by atoms with E-state index in [9.17, 15) is 10.1 Å². The number of hydrogen-bond acceptors (Lipinski definition) is 6. The van der Waals surface area contributed by atoms with E-state index >= 15 is 0 Å². The Labute approximate surface area is 157 Å². The van der Waals surface area contributed by atoms with Crippen LogP contribution in [0.4, 0.5) is 5.69 Å². The fraction of sp³-hybridized carbons (Fsp3) is 0.533. The fourth-order valence-electron chi connectivity index (χ4n) is 2.82. The molecule has 0 aromatic heterocycles. The summed E-state index contributed by atoms with van der Waals surface area (Å²) >= 11 is 6.05. The van der Waals surface area contributed by atoms with E-state index in [2.05, 4.69) is 19.6 Å². The Bertz CT molecular complexity index is 668. The second-order valence-electron chi connectivity index (χ2n) is 5.88. The number of nitrogens with one attached hydrogen (secondary N) is 1. The van der Waals surface area contributed by atoms with Crippen molar-refractivity contribution in [1.82, 2.24) is 14.5 Å². The second-order valence-corrected chi connectivity index (χ2v) is 9.83. The van der Waals surface area contributed by atoms with Crippen LogP contribution in [0.3, 0.4) is 0 Å². The van der Waals surface area contributed by atoms with Crippen molar-refractivity contribution in [2.75, 3.05) is 52.6 Å². The predicted octanol–water partition coefficient (Wildman–Crippen LogP) is 1.41. The monoisotopic (exact) mass is 399 g/mol. The summed E-state index contributed by atoms with van der Waals surface area (Å²) in [6.07, 6.45) is 1.64. The molecule has 2 fully saturated rings. The van der Waals surface area contributed by atoms with Gasteiger partial charge in [0.15, 0.2) is 6.49 Å². The molecule has 11 heteroatoms. The van der Waals surface area contributed by atoms with Gasteiger partial charge in [-0.05, 0) is 29.5 Å². The Kier molecular flexibility index (Phi) is 6.68. The molecule has 3 rings (SSSR count). The van der Waals surface area contributed by atoms with Crippen LogP contribution in [0.25, 0.3) is 0 Å². The van der Waals surface area contributed by atoms with E-state index in [1.807, 2.05) is 0 Å². The molecule has 0 bridgehead atoms. The molecule has 1 N–H and O–H groups in total. The number of ether oxygens (including phenoxy) is 2. The summed E-state index contributed by atoms with van der Waals surface area (Å²) in [6.45, 7) is 3.49. The molecular weight excluding hydrogens is 377 g/mol. The van der Waals surface area contributed by atoms with Crippen LogP contribution in [-0.4, -0.2) is 73.1 Å². The zero-order valence-electron chi connectivity index (χ0n) is 14.3. The summed E-state index contributed by atoms with van der Waals surface area (Å²) < 4.78 is 15.4. The Balaban J connectivity index is 1.72. The molecule has 0 aliphatic carbocycles. The molecule has 0 spiro atoms. The van der Waals surface area contributed by atoms with Gasteiger partial charge in [0.1, 0.15) is 0 Å². The van der Waals surface area contributed by atoms with Crippen molar-refractivity contribution in [3.05, 3.63) is 39.9 Å². The van der Waals surface area contributed by atoms with Crippen molar-refractivity contribution in [3.63, 3.8) is 0 Å². The summed E-state index contributed by atoms with van der Waals surface area (Å²) in [4.78, 5) is 10.3. The SMILES string of the molecule is O=[N+]([O-])c1ccc(/C=N/NP(=S)(N2CCOCC2)N2CCOCC2)cc1. The maximum atomic E-state index is 10.7. The summed E-state index contributed by atoms with van der Waals surface area (Å²) in [5.74, 6) is 0. The maximum absolute atomic E-state index is 10.7. The quantitative estimate of drug-likeness (QED) is 0.332. The minimum Gasteiger partial charge on any atom is -0.379 e. The topological polar surface area (TPSA) is 92.5 Å². The highest BCUT2D eigenvalue weighted by Gasteiger charge is 2.34. The van der Waals surface area contributed by atoms with E-state index in [-0.39, 0.29) is 5.69 Å². The first-order chi connectivity index (χ1) is 12.6. The molecule has 0 unspecified atom stereocenters. The number of rotatable bonds is 6. The van der Waals surface area contributed by atoms with Crippen molar-refractivity contribution in [2.45, 2.75) is 0 Å². The lowest BCUT2D eigenvalue weighted by molar-refractivity contribution is -0.384. The fourth-order valence-corrected chi connectivity index (χ4v) is 6.17. The number of non-ortho nitro benzene ring substituents is 1. The second kappa shape index (κ2) is 8.98. The number of hydrogen-bond donors (Lipinski definition) is 1. The molecular formula is C15H22N5O4PS. The number of hydrazone groups is 1. The van der Waals surface area contributed by atoms with E-state index in [1.165, 1.54) is 12.1 Å². The number of morpholine rings is 2. The standard InChI is InChI=1S/C15H22N5O4PS/c21-20(22)15-3-1-14(2-4-15)13-16-17-25(26,18-5-9-23-10-6-18)19-7-11-24-12-8-19/h1-4,13H,5-12H2,(H,17,26)/b16-13+. The lowest BCUT2D eigenvalue weighted by atomic mass is 10.2. The number of benzene rings is 1. The maximum Gasteiger partial charge on any atom is 0.269 e. The average molecular weight is 399 g/mol. The van der Waals surface area contributed by atoms with E-state index in [4.69, 9.17) is 21.3 Å². The molecule has 0 amide bonds. The van der Waals surface area contributed by atoms with Crippen molar-refractivity contribution < 1.29 is 14.4 Å². The molecule has 2 heterocycles. The minimum atomic E-state index is -2.25. The lowest BCUT2D eigenvalue weighted by Crippen LogP contribution is -2.46. The van der Waals surface area contributed by atoms with Crippen LogP contribution in [0.5, 0.6) is 0 Å². The predicted molar refractivity (Wildman–Crippen MR) is 103 cm³/mol. The van der Waals surface area contributed by atoms with Crippen molar-refractivity contribution >= 4 is 30.2 Å². The lowest BCUT2D eigenvalue weighted by Gasteiger charge is -2.44. The van der Waals surface area contributed by atoms with Crippen molar-refractivity contribution in [3.8, 4) is 0 Å². The molecule has 26 heavy (non-hydrogen) atoms. The minimum absolute atomic E-state index is 0.0573. The van der Waals surface area contributed by atoms with Crippen LogP contribution >= 0.6 is 6.49 Å². The number of nitro benzene ring substituents is 1. The largest absolute Gasteiger partial charge is 0.379 e. The Hall–Kier alpha value is -1.42. The molecule has 1 aromatic rings. The molecule has 142 valence electrons. The third-order valence-electron chi connectivity index (χ3n) is 4.25. The van der Waals surface area contributed by atoms with E-state index in [0.717, 1.165) is 31.7 Å². The Morgan fingerprint density at radius 2 is 1.58 bits per heavy atom. The normalized spacial score (nSPS) is 20.3. The molecule has 9 nitrogen and oxygen atoms in total. The van der Waals surface area contributed by atoms with Gasteiger partial charge in [0, 0.05) is 38.3 Å². The van der Waals surface area contributed by atoms with Crippen LogP contribution in [0.2, 0.25) is 0 Å². The molecule has 0 saturated carbocycles. The van der Waals surface area contributed by atoms with Crippen LogP contribution in [0.15, 0.2) is 29.4 Å². The molecule has 2 saturated heterocycles. The smallest absolute Gasteiger partial charge is 0.269 e. The van der Waals surface area contributed by atoms with E-state index < -0.39 is 11.4 Å². The summed E-state index contributed by atoms with van der Waals surface area (Å²) in [7, 11) is 0. The molecule has 0 atom stereocenters. The van der Waals surface area contributed by atoms with Gasteiger partial charge in [0.25, 0.3) is 5.69 Å². The van der Waals surface area contributed by atoms with Gasteiger partial charge < -0.3 is 9.47 Å². The first-order valence-electron chi connectivity index (χ1n) is 8.41. The van der Waals surface area contributed by atoms with Gasteiger partial charge in [-0.1, -0.05) is 0 Å². The van der Waals surface area contributed by atoms with Gasteiger partial charge in [-0.25, -0.2) is 9.34 Å². The Morgan fingerprint density at radius 3 is 2.04 bits per heavy atom. The first-order valence-corrected chi connectivity index (χ1v) is 11.1. The van der Waals surface area contributed by atoms with Crippen LogP contribution in [0, 0.1) is 10.1 Å². The average Bonchev–Trinajstić information content (AvgIpc) is 2.69. The highest BCUT2D eigenvalue weighted by Crippen LogP contribution is 2.50. The molecule has 0 radical (unpaired) electrons. The van der Waals surface area contributed by atoms with Crippen molar-refractivity contribution in [1.29, 1.82) is 0 Å². The van der Waals surface area contributed by atoms with Gasteiger partial charge in [-0.3, -0.25) is 15.3 Å². The van der Waals surface area contributed by atoms with Crippen LogP contribution in [-0.2, 0) is 21.3 Å². The van der Waals surface area contributed by atoms with Crippen molar-refractivity contribution in [2.24, 2.45) is 5.10 Å². The summed E-state index contributed by atoms with van der Waals surface area (Å²) in [5.41, 5.74) is 0.829. The van der Waals surface area contributed by atoms with Crippen LogP contribution < -0.4 is 5.20 Å². The van der Waals surface area contributed by atoms with Gasteiger partial charge in [-0.2, -0.15) is 5.10 Å². The van der Waals surface area contributed by atoms with Crippen LogP contribution in [0.1, 0.15) is 5.56 Å². The van der Waals surface area contributed by atoms with E-state index in [0.29, 0.717) is 26.4 Å². The van der Waals surface area contributed by atoms with Gasteiger partial charge >= 0.3 is 0 Å². The summed E-state index contributed by atoms with van der Waals surface area (Å²) in [6, 6.07) is 6.25. The van der Waals surface area contributed by atoms with Gasteiger partial charge in [-0.15, -0.1) is 0 Å². The van der Waals surface area contributed by atoms with Gasteiger partial charge in [0.2, 0.25) is 0 Å². The van der Waals surface area contributed by atoms with Gasteiger partial charge in [0.05, 0.1) is 37.6 Å². The zero-order valence-corrected chi connectivity index (χ0v) is 16.0. The molecule has 2 aliphatic rings. The number of nitro groups is 1.